The zero-order chi connectivity index (χ0) is 22.4. The van der Waals surface area contributed by atoms with Crippen LogP contribution < -0.4 is 9.04 Å². The molecule has 7 heteroatoms. The molecule has 3 aromatic carbocycles. The maximum absolute atomic E-state index is 13.4. The van der Waals surface area contributed by atoms with Gasteiger partial charge in [0.1, 0.15) is 5.75 Å². The monoisotopic (exact) mass is 455 g/mol. The molecular formula is C24H25NO4S2. The van der Waals surface area contributed by atoms with E-state index in [0.717, 1.165) is 20.3 Å². The Bertz CT molecular complexity index is 1120. The molecule has 0 aliphatic rings. The Morgan fingerprint density at radius 1 is 0.871 bits per heavy atom. The van der Waals surface area contributed by atoms with Gasteiger partial charge >= 0.3 is 0 Å². The standard InChI is InChI=1S/C24H25NO4S2/c1-4-29-21-11-9-20(10-12-21)25(31(27,28)23-15-7-19(3)8-16-23)24(26)17-30-22-13-5-18(2)6-14-22/h5-16H,4,17H2,1-3H3. The fourth-order valence-corrected chi connectivity index (χ4v) is 5.17. The van der Waals surface area contributed by atoms with Crippen LogP contribution >= 0.6 is 11.8 Å². The first kappa shape index (κ1) is 22.9. The molecule has 0 aliphatic carbocycles. The zero-order valence-corrected chi connectivity index (χ0v) is 19.4. The summed E-state index contributed by atoms with van der Waals surface area (Å²) in [4.78, 5) is 14.1. The number of aryl methyl sites for hydroxylation is 2. The quantitative estimate of drug-likeness (QED) is 0.436. The molecule has 1 amide bonds. The molecule has 0 N–H and O–H groups in total. The summed E-state index contributed by atoms with van der Waals surface area (Å²) < 4.78 is 33.2. The number of hydrogen-bond acceptors (Lipinski definition) is 5. The summed E-state index contributed by atoms with van der Waals surface area (Å²) in [5, 5.41) is 0. The number of benzene rings is 3. The molecule has 0 saturated carbocycles. The molecule has 0 spiro atoms. The van der Waals surface area contributed by atoms with Gasteiger partial charge in [0.25, 0.3) is 15.9 Å². The number of hydrogen-bond donors (Lipinski definition) is 0. The van der Waals surface area contributed by atoms with Crippen molar-refractivity contribution in [2.45, 2.75) is 30.6 Å². The van der Waals surface area contributed by atoms with Crippen molar-refractivity contribution in [2.24, 2.45) is 0 Å². The number of nitrogens with zero attached hydrogens (tertiary/aromatic N) is 1. The van der Waals surface area contributed by atoms with Crippen molar-refractivity contribution in [2.75, 3.05) is 16.7 Å². The summed E-state index contributed by atoms with van der Waals surface area (Å²) in [6.45, 7) is 6.23. The van der Waals surface area contributed by atoms with Crippen molar-refractivity contribution in [3.8, 4) is 5.75 Å². The summed E-state index contributed by atoms with van der Waals surface area (Å²) in [5.74, 6) is 0.0807. The number of anilines is 1. The van der Waals surface area contributed by atoms with E-state index in [0.29, 0.717) is 12.4 Å². The van der Waals surface area contributed by atoms with Gasteiger partial charge in [0.2, 0.25) is 0 Å². The molecule has 5 nitrogen and oxygen atoms in total. The van der Waals surface area contributed by atoms with Gasteiger partial charge in [0, 0.05) is 4.90 Å². The maximum Gasteiger partial charge on any atom is 0.270 e. The SMILES string of the molecule is CCOc1ccc(N(C(=O)CSc2ccc(C)cc2)S(=O)(=O)c2ccc(C)cc2)cc1. The topological polar surface area (TPSA) is 63.7 Å². The number of carbonyl (C=O) groups excluding carboxylic acids is 1. The fourth-order valence-electron chi connectivity index (χ4n) is 2.92. The summed E-state index contributed by atoms with van der Waals surface area (Å²) in [6.07, 6.45) is 0. The Kier molecular flexibility index (Phi) is 7.41. The van der Waals surface area contributed by atoms with Crippen LogP contribution in [0, 0.1) is 13.8 Å². The van der Waals surface area contributed by atoms with Crippen molar-refractivity contribution in [3.63, 3.8) is 0 Å². The van der Waals surface area contributed by atoms with Gasteiger partial charge in [0.15, 0.2) is 0 Å². The molecule has 0 aliphatic heterocycles. The van der Waals surface area contributed by atoms with Gasteiger partial charge in [-0.3, -0.25) is 4.79 Å². The van der Waals surface area contributed by atoms with Gasteiger partial charge < -0.3 is 4.74 Å². The molecule has 0 unspecified atom stereocenters. The Hall–Kier alpha value is -2.77. The normalized spacial score (nSPS) is 11.2. The molecule has 31 heavy (non-hydrogen) atoms. The Labute approximate surface area is 188 Å². The number of rotatable bonds is 8. The molecule has 0 heterocycles. The number of thioether (sulfide) groups is 1. The van der Waals surface area contributed by atoms with Crippen LogP contribution in [0.4, 0.5) is 5.69 Å². The summed E-state index contributed by atoms with van der Waals surface area (Å²) in [7, 11) is -4.08. The number of sulfonamides is 1. The van der Waals surface area contributed by atoms with E-state index in [1.165, 1.54) is 23.9 Å². The minimum atomic E-state index is -4.08. The molecule has 3 rings (SSSR count). The van der Waals surface area contributed by atoms with E-state index in [4.69, 9.17) is 4.74 Å². The summed E-state index contributed by atoms with van der Waals surface area (Å²) in [6, 6.07) is 20.7. The molecule has 0 aromatic heterocycles. The van der Waals surface area contributed by atoms with Crippen LogP contribution in [0.25, 0.3) is 0 Å². The Balaban J connectivity index is 1.93. The smallest absolute Gasteiger partial charge is 0.270 e. The number of ether oxygens (including phenoxy) is 1. The van der Waals surface area contributed by atoms with Crippen LogP contribution in [0.3, 0.4) is 0 Å². The first-order valence-electron chi connectivity index (χ1n) is 9.88. The molecule has 0 saturated heterocycles. The fraction of sp³-hybridized carbons (Fsp3) is 0.208. The predicted octanol–water partition coefficient (Wildman–Crippen LogP) is 5.22. The second-order valence-electron chi connectivity index (χ2n) is 7.00. The first-order valence-corrected chi connectivity index (χ1v) is 12.3. The van der Waals surface area contributed by atoms with Crippen LogP contribution in [-0.2, 0) is 14.8 Å². The third-order valence-corrected chi connectivity index (χ3v) is 7.31. The third-order valence-electron chi connectivity index (χ3n) is 4.55. The van der Waals surface area contributed by atoms with E-state index in [1.807, 2.05) is 45.0 Å². The highest BCUT2D eigenvalue weighted by Crippen LogP contribution is 2.28. The lowest BCUT2D eigenvalue weighted by molar-refractivity contribution is -0.115. The van der Waals surface area contributed by atoms with Gasteiger partial charge in [-0.15, -0.1) is 11.8 Å². The molecule has 0 atom stereocenters. The molecule has 3 aromatic rings. The average molecular weight is 456 g/mol. The van der Waals surface area contributed by atoms with Crippen molar-refractivity contribution in [1.29, 1.82) is 0 Å². The highest BCUT2D eigenvalue weighted by Gasteiger charge is 2.31. The van der Waals surface area contributed by atoms with Crippen molar-refractivity contribution >= 4 is 33.4 Å². The van der Waals surface area contributed by atoms with Crippen molar-refractivity contribution < 1.29 is 17.9 Å². The van der Waals surface area contributed by atoms with Crippen LogP contribution in [0.1, 0.15) is 18.1 Å². The first-order chi connectivity index (χ1) is 14.8. The van der Waals surface area contributed by atoms with Gasteiger partial charge in [-0.1, -0.05) is 35.4 Å². The minimum Gasteiger partial charge on any atom is -0.494 e. The molecule has 162 valence electrons. The van der Waals surface area contributed by atoms with Gasteiger partial charge in [-0.25, -0.2) is 12.7 Å². The largest absolute Gasteiger partial charge is 0.494 e. The van der Waals surface area contributed by atoms with E-state index in [9.17, 15) is 13.2 Å². The molecular weight excluding hydrogens is 430 g/mol. The maximum atomic E-state index is 13.4. The van der Waals surface area contributed by atoms with E-state index in [-0.39, 0.29) is 16.3 Å². The van der Waals surface area contributed by atoms with Crippen LogP contribution in [0.15, 0.2) is 82.6 Å². The second-order valence-corrected chi connectivity index (χ2v) is 9.84. The Morgan fingerprint density at radius 3 is 1.97 bits per heavy atom. The van der Waals surface area contributed by atoms with Crippen LogP contribution in [-0.4, -0.2) is 26.7 Å². The van der Waals surface area contributed by atoms with E-state index in [1.54, 1.807) is 36.4 Å². The second kappa shape index (κ2) is 10.0. The lowest BCUT2D eigenvalue weighted by Crippen LogP contribution is -2.38. The average Bonchev–Trinajstić information content (AvgIpc) is 2.75. The zero-order valence-electron chi connectivity index (χ0n) is 17.7. The Morgan fingerprint density at radius 2 is 1.42 bits per heavy atom. The highest BCUT2D eigenvalue weighted by atomic mass is 32.2. The number of amides is 1. The molecule has 0 radical (unpaired) electrons. The molecule has 0 fully saturated rings. The van der Waals surface area contributed by atoms with Gasteiger partial charge in [0.05, 0.1) is 22.9 Å². The van der Waals surface area contributed by atoms with Crippen LogP contribution in [0.5, 0.6) is 5.75 Å². The van der Waals surface area contributed by atoms with Crippen LogP contribution in [0.2, 0.25) is 0 Å². The van der Waals surface area contributed by atoms with Crippen molar-refractivity contribution in [1.82, 2.24) is 0 Å². The highest BCUT2D eigenvalue weighted by molar-refractivity contribution is 8.00. The summed E-state index contributed by atoms with van der Waals surface area (Å²) >= 11 is 1.30. The van der Waals surface area contributed by atoms with Gasteiger partial charge in [-0.2, -0.15) is 0 Å². The van der Waals surface area contributed by atoms with Crippen molar-refractivity contribution in [3.05, 3.63) is 83.9 Å². The minimum absolute atomic E-state index is 0.0125. The third kappa shape index (κ3) is 5.68. The predicted molar refractivity (Wildman–Crippen MR) is 125 cm³/mol. The summed E-state index contributed by atoms with van der Waals surface area (Å²) in [5.41, 5.74) is 2.33. The molecule has 0 bridgehead atoms. The van der Waals surface area contributed by atoms with E-state index >= 15 is 0 Å². The van der Waals surface area contributed by atoms with E-state index in [2.05, 4.69) is 0 Å². The lowest BCUT2D eigenvalue weighted by Gasteiger charge is -2.23. The number of carbonyl (C=O) groups is 1. The van der Waals surface area contributed by atoms with E-state index < -0.39 is 15.9 Å². The lowest BCUT2D eigenvalue weighted by atomic mass is 10.2. The van der Waals surface area contributed by atoms with Gasteiger partial charge in [-0.05, 0) is 69.3 Å².